The van der Waals surface area contributed by atoms with Crippen molar-refractivity contribution < 1.29 is 17.2 Å². The average molecular weight is 514 g/mol. The van der Waals surface area contributed by atoms with E-state index < -0.39 is 33.6 Å². The molecule has 2 aliphatic rings. The predicted molar refractivity (Wildman–Crippen MR) is 134 cm³/mol. The molecular formula is C27H29F2N3O3S. The first kappa shape index (κ1) is 24.8. The molecule has 2 aliphatic carbocycles. The van der Waals surface area contributed by atoms with Gasteiger partial charge < -0.3 is 0 Å². The Kier molecular flexibility index (Phi) is 6.55. The average Bonchev–Trinajstić information content (AvgIpc) is 3.66. The van der Waals surface area contributed by atoms with Crippen molar-refractivity contribution >= 4 is 10.0 Å². The number of sulfonamides is 1. The molecule has 36 heavy (non-hydrogen) atoms. The van der Waals surface area contributed by atoms with E-state index in [0.717, 1.165) is 11.6 Å². The second-order valence-corrected chi connectivity index (χ2v) is 12.1. The summed E-state index contributed by atoms with van der Waals surface area (Å²) in [6, 6.07) is 10.1. The lowest BCUT2D eigenvalue weighted by Crippen LogP contribution is -2.46. The molecule has 0 spiro atoms. The van der Waals surface area contributed by atoms with Crippen molar-refractivity contribution in [1.29, 1.82) is 0 Å². The van der Waals surface area contributed by atoms with Gasteiger partial charge in [0, 0.05) is 29.6 Å². The smallest absolute Gasteiger partial charge is 0.257 e. The van der Waals surface area contributed by atoms with Gasteiger partial charge >= 0.3 is 0 Å². The molecule has 5 rings (SSSR count). The van der Waals surface area contributed by atoms with Crippen LogP contribution >= 0.6 is 0 Å². The Morgan fingerprint density at radius 1 is 1.06 bits per heavy atom. The van der Waals surface area contributed by atoms with Gasteiger partial charge in [-0.05, 0) is 74.8 Å². The Labute approximate surface area is 209 Å². The fourth-order valence-corrected chi connectivity index (χ4v) is 6.73. The molecule has 0 saturated heterocycles. The van der Waals surface area contributed by atoms with Gasteiger partial charge in [0.1, 0.15) is 11.6 Å². The zero-order valence-electron chi connectivity index (χ0n) is 20.2. The van der Waals surface area contributed by atoms with Gasteiger partial charge in [0.15, 0.2) is 0 Å². The minimum absolute atomic E-state index is 0.0920. The topological polar surface area (TPSA) is 81.1 Å². The molecule has 1 N–H and O–H groups in total. The molecule has 0 aliphatic heterocycles. The Morgan fingerprint density at radius 2 is 1.78 bits per heavy atom. The third-order valence-corrected chi connectivity index (χ3v) is 9.06. The van der Waals surface area contributed by atoms with Gasteiger partial charge in [-0.15, -0.1) is 0 Å². The van der Waals surface area contributed by atoms with Crippen LogP contribution in [0, 0.1) is 11.6 Å². The van der Waals surface area contributed by atoms with Crippen molar-refractivity contribution in [2.45, 2.75) is 69.2 Å². The second kappa shape index (κ2) is 9.52. The van der Waals surface area contributed by atoms with Gasteiger partial charge in [0.25, 0.3) is 5.56 Å². The zero-order valence-corrected chi connectivity index (χ0v) is 21.1. The van der Waals surface area contributed by atoms with Crippen LogP contribution in [0.25, 0.3) is 11.1 Å². The van der Waals surface area contributed by atoms with E-state index in [-0.39, 0.29) is 16.9 Å². The summed E-state index contributed by atoms with van der Waals surface area (Å²) in [5.74, 6) is -1.74. The molecule has 1 fully saturated rings. The molecule has 9 heteroatoms. The Bertz CT molecular complexity index is 1450. The van der Waals surface area contributed by atoms with E-state index in [4.69, 9.17) is 0 Å². The molecule has 2 aromatic carbocycles. The minimum Gasteiger partial charge on any atom is -0.296 e. The van der Waals surface area contributed by atoms with Crippen molar-refractivity contribution in [2.75, 3.05) is 0 Å². The minimum atomic E-state index is -3.48. The first-order chi connectivity index (χ1) is 17.1. The standard InChI is InChI=1S/C27H29F2N3O3S/c1-16(2)32-15-30-25-9-8-24(31-36(34,35)22-6-7-22)23(26(25)27(32)33)11-17-4-3-5-18(10-17)19-12-20(28)14-21(29)13-19/h3-5,10,12-16,22-24,31H,6-9,11H2,1-2H3/t23-,24-/m0/s1. The molecule has 0 amide bonds. The third kappa shape index (κ3) is 4.99. The highest BCUT2D eigenvalue weighted by atomic mass is 32.2. The Balaban J connectivity index is 1.55. The Hall–Kier alpha value is -2.91. The lowest BCUT2D eigenvalue weighted by atomic mass is 9.78. The number of hydrogen-bond acceptors (Lipinski definition) is 4. The molecule has 1 aromatic heterocycles. The maximum atomic E-state index is 13.8. The van der Waals surface area contributed by atoms with E-state index in [9.17, 15) is 22.0 Å². The lowest BCUT2D eigenvalue weighted by Gasteiger charge is -2.33. The van der Waals surface area contributed by atoms with E-state index in [1.165, 1.54) is 12.1 Å². The number of aryl methyl sites for hydroxylation is 1. The number of nitrogens with one attached hydrogen (secondary N) is 1. The van der Waals surface area contributed by atoms with Crippen molar-refractivity contribution in [1.82, 2.24) is 14.3 Å². The van der Waals surface area contributed by atoms with E-state index in [2.05, 4.69) is 9.71 Å². The number of benzene rings is 2. The summed E-state index contributed by atoms with van der Waals surface area (Å²) in [5.41, 5.74) is 2.98. The first-order valence-corrected chi connectivity index (χ1v) is 13.8. The lowest BCUT2D eigenvalue weighted by molar-refractivity contribution is 0.412. The van der Waals surface area contributed by atoms with Crippen LogP contribution in [-0.4, -0.2) is 29.3 Å². The van der Waals surface area contributed by atoms with Crippen LogP contribution in [0.15, 0.2) is 53.6 Å². The first-order valence-electron chi connectivity index (χ1n) is 12.3. The van der Waals surface area contributed by atoms with Crippen molar-refractivity contribution in [2.24, 2.45) is 0 Å². The fourth-order valence-electron chi connectivity index (χ4n) is 5.07. The summed E-state index contributed by atoms with van der Waals surface area (Å²) in [4.78, 5) is 18.1. The summed E-state index contributed by atoms with van der Waals surface area (Å²) < 4.78 is 57.8. The van der Waals surface area contributed by atoms with E-state index >= 15 is 0 Å². The summed E-state index contributed by atoms with van der Waals surface area (Å²) in [6.07, 6.45) is 4.30. The Morgan fingerprint density at radius 3 is 2.44 bits per heavy atom. The summed E-state index contributed by atoms with van der Waals surface area (Å²) in [5, 5.41) is -0.369. The number of fused-ring (bicyclic) bond motifs is 1. The highest BCUT2D eigenvalue weighted by Crippen LogP contribution is 2.35. The maximum absolute atomic E-state index is 13.8. The van der Waals surface area contributed by atoms with Crippen LogP contribution in [-0.2, 0) is 22.9 Å². The van der Waals surface area contributed by atoms with E-state index in [0.29, 0.717) is 54.5 Å². The number of aromatic nitrogens is 2. The maximum Gasteiger partial charge on any atom is 0.257 e. The van der Waals surface area contributed by atoms with Gasteiger partial charge in [-0.3, -0.25) is 9.36 Å². The molecule has 1 saturated carbocycles. The van der Waals surface area contributed by atoms with Gasteiger partial charge in [0.2, 0.25) is 10.0 Å². The van der Waals surface area contributed by atoms with E-state index in [1.54, 1.807) is 23.0 Å². The molecule has 1 heterocycles. The highest BCUT2D eigenvalue weighted by molar-refractivity contribution is 7.90. The molecular weight excluding hydrogens is 484 g/mol. The van der Waals surface area contributed by atoms with Crippen LogP contribution in [0.3, 0.4) is 0 Å². The summed E-state index contributed by atoms with van der Waals surface area (Å²) in [6.45, 7) is 3.81. The van der Waals surface area contributed by atoms with Crippen LogP contribution in [0.5, 0.6) is 0 Å². The monoisotopic (exact) mass is 513 g/mol. The van der Waals surface area contributed by atoms with Crippen LogP contribution in [0.2, 0.25) is 0 Å². The number of rotatable bonds is 7. The van der Waals surface area contributed by atoms with Crippen LogP contribution < -0.4 is 10.3 Å². The SMILES string of the molecule is CC(C)n1cnc2c(c1=O)[C@@H](Cc1cccc(-c3cc(F)cc(F)c3)c1)[C@@H](NS(=O)(=O)C1CC1)CC2. The van der Waals surface area contributed by atoms with Crippen molar-refractivity contribution in [3.63, 3.8) is 0 Å². The molecule has 190 valence electrons. The number of hydrogen-bond donors (Lipinski definition) is 1. The van der Waals surface area contributed by atoms with Crippen LogP contribution in [0.4, 0.5) is 8.78 Å². The molecule has 2 atom stereocenters. The van der Waals surface area contributed by atoms with Crippen molar-refractivity contribution in [3.05, 3.63) is 87.6 Å². The van der Waals surface area contributed by atoms with Crippen molar-refractivity contribution in [3.8, 4) is 11.1 Å². The predicted octanol–water partition coefficient (Wildman–Crippen LogP) is 4.49. The van der Waals surface area contributed by atoms with Crippen LogP contribution in [0.1, 0.15) is 61.9 Å². The quantitative estimate of drug-likeness (QED) is 0.505. The molecule has 3 aromatic rings. The third-order valence-electron chi connectivity index (χ3n) is 7.08. The van der Waals surface area contributed by atoms with Gasteiger partial charge in [-0.25, -0.2) is 26.9 Å². The molecule has 6 nitrogen and oxygen atoms in total. The fraction of sp³-hybridized carbons (Fsp3) is 0.407. The highest BCUT2D eigenvalue weighted by Gasteiger charge is 2.41. The van der Waals surface area contributed by atoms with Gasteiger partial charge in [-0.1, -0.05) is 24.3 Å². The normalized spacial score (nSPS) is 19.9. The molecule has 0 bridgehead atoms. The molecule has 0 radical (unpaired) electrons. The molecule has 0 unspecified atom stereocenters. The van der Waals surface area contributed by atoms with Gasteiger partial charge in [0.05, 0.1) is 17.3 Å². The van der Waals surface area contributed by atoms with Gasteiger partial charge in [-0.2, -0.15) is 0 Å². The number of halogens is 2. The summed E-state index contributed by atoms with van der Waals surface area (Å²) in [7, 11) is -3.48. The zero-order chi connectivity index (χ0) is 25.6. The number of nitrogens with zero attached hydrogens (tertiary/aromatic N) is 2. The summed E-state index contributed by atoms with van der Waals surface area (Å²) >= 11 is 0. The largest absolute Gasteiger partial charge is 0.296 e. The van der Waals surface area contributed by atoms with E-state index in [1.807, 2.05) is 26.0 Å². The second-order valence-electron chi connectivity index (χ2n) is 10.1.